The SMILES string of the molecule is Cn1cc([C@@H](NCCC2OCCO2)c2ccc(F)cc2)cn1. The van der Waals surface area contributed by atoms with Crippen molar-refractivity contribution in [1.82, 2.24) is 15.1 Å². The quantitative estimate of drug-likeness (QED) is 0.887. The van der Waals surface area contributed by atoms with Crippen LogP contribution in [0.1, 0.15) is 23.6 Å². The third-order valence-corrected chi connectivity index (χ3v) is 3.68. The Morgan fingerprint density at radius 3 is 2.64 bits per heavy atom. The van der Waals surface area contributed by atoms with Crippen LogP contribution in [0, 0.1) is 5.82 Å². The van der Waals surface area contributed by atoms with Gasteiger partial charge in [0.1, 0.15) is 5.82 Å². The van der Waals surface area contributed by atoms with E-state index in [4.69, 9.17) is 9.47 Å². The minimum absolute atomic E-state index is 0.0318. The molecule has 1 saturated heterocycles. The summed E-state index contributed by atoms with van der Waals surface area (Å²) in [6, 6.07) is 6.51. The molecule has 0 bridgehead atoms. The van der Waals surface area contributed by atoms with Crippen molar-refractivity contribution in [3.63, 3.8) is 0 Å². The Bertz CT molecular complexity index is 594. The molecular weight excluding hydrogens is 285 g/mol. The van der Waals surface area contributed by atoms with Crippen molar-refractivity contribution in [1.29, 1.82) is 0 Å². The summed E-state index contributed by atoms with van der Waals surface area (Å²) < 4.78 is 25.8. The van der Waals surface area contributed by atoms with Crippen molar-refractivity contribution in [2.45, 2.75) is 18.8 Å². The summed E-state index contributed by atoms with van der Waals surface area (Å²) >= 11 is 0. The van der Waals surface area contributed by atoms with Crippen molar-refractivity contribution < 1.29 is 13.9 Å². The van der Waals surface area contributed by atoms with Gasteiger partial charge in [0, 0.05) is 31.8 Å². The van der Waals surface area contributed by atoms with Crippen LogP contribution in [0.3, 0.4) is 0 Å². The van der Waals surface area contributed by atoms with E-state index >= 15 is 0 Å². The fourth-order valence-electron chi connectivity index (χ4n) is 2.59. The number of aryl methyl sites for hydroxylation is 1. The van der Waals surface area contributed by atoms with Gasteiger partial charge in [0.15, 0.2) is 6.29 Å². The third-order valence-electron chi connectivity index (χ3n) is 3.68. The maximum Gasteiger partial charge on any atom is 0.159 e. The van der Waals surface area contributed by atoms with Crippen molar-refractivity contribution in [3.05, 3.63) is 53.6 Å². The van der Waals surface area contributed by atoms with Crippen molar-refractivity contribution in [3.8, 4) is 0 Å². The molecule has 1 atom stereocenters. The summed E-state index contributed by atoms with van der Waals surface area (Å²) in [6.07, 6.45) is 4.43. The van der Waals surface area contributed by atoms with Gasteiger partial charge < -0.3 is 14.8 Å². The van der Waals surface area contributed by atoms with Gasteiger partial charge in [-0.25, -0.2) is 4.39 Å². The van der Waals surface area contributed by atoms with Crippen LogP contribution in [-0.2, 0) is 16.5 Å². The van der Waals surface area contributed by atoms with E-state index in [1.165, 1.54) is 12.1 Å². The number of hydrogen-bond acceptors (Lipinski definition) is 4. The molecule has 22 heavy (non-hydrogen) atoms. The highest BCUT2D eigenvalue weighted by atomic mass is 19.1. The van der Waals surface area contributed by atoms with E-state index in [2.05, 4.69) is 10.4 Å². The van der Waals surface area contributed by atoms with Crippen molar-refractivity contribution in [2.75, 3.05) is 19.8 Å². The van der Waals surface area contributed by atoms with E-state index in [0.29, 0.717) is 13.2 Å². The van der Waals surface area contributed by atoms with E-state index in [9.17, 15) is 4.39 Å². The minimum Gasteiger partial charge on any atom is -0.350 e. The van der Waals surface area contributed by atoms with Gasteiger partial charge in [-0.3, -0.25) is 4.68 Å². The van der Waals surface area contributed by atoms with Gasteiger partial charge in [-0.15, -0.1) is 0 Å². The predicted molar refractivity (Wildman–Crippen MR) is 79.8 cm³/mol. The molecule has 1 aliphatic heterocycles. The number of hydrogen-bond donors (Lipinski definition) is 1. The monoisotopic (exact) mass is 305 g/mol. The molecule has 1 fully saturated rings. The second-order valence-corrected chi connectivity index (χ2v) is 5.35. The van der Waals surface area contributed by atoms with Crippen LogP contribution < -0.4 is 5.32 Å². The van der Waals surface area contributed by atoms with Crippen LogP contribution in [0.2, 0.25) is 0 Å². The highest BCUT2D eigenvalue weighted by molar-refractivity contribution is 5.29. The Balaban J connectivity index is 1.69. The molecule has 0 unspecified atom stereocenters. The highest BCUT2D eigenvalue weighted by Crippen LogP contribution is 2.22. The average molecular weight is 305 g/mol. The zero-order valence-electron chi connectivity index (χ0n) is 12.5. The lowest BCUT2D eigenvalue weighted by atomic mass is 10.0. The number of ether oxygens (including phenoxy) is 2. The fraction of sp³-hybridized carbons (Fsp3) is 0.438. The Morgan fingerprint density at radius 2 is 2.00 bits per heavy atom. The first-order valence-corrected chi connectivity index (χ1v) is 7.43. The molecule has 0 aliphatic carbocycles. The normalized spacial score (nSPS) is 17.0. The molecule has 118 valence electrons. The lowest BCUT2D eigenvalue weighted by Crippen LogP contribution is -2.26. The summed E-state index contributed by atoms with van der Waals surface area (Å²) in [5, 5.41) is 7.70. The molecule has 1 aliphatic rings. The Hall–Kier alpha value is -1.76. The Morgan fingerprint density at radius 1 is 1.27 bits per heavy atom. The number of nitrogens with zero attached hydrogens (tertiary/aromatic N) is 2. The molecule has 3 rings (SSSR count). The molecule has 2 aromatic rings. The Kier molecular flexibility index (Phi) is 4.82. The molecule has 0 radical (unpaired) electrons. The van der Waals surface area contributed by atoms with Gasteiger partial charge in [-0.05, 0) is 17.7 Å². The van der Waals surface area contributed by atoms with Crippen LogP contribution in [0.25, 0.3) is 0 Å². The summed E-state index contributed by atoms with van der Waals surface area (Å²) in [5.41, 5.74) is 2.05. The first-order chi connectivity index (χ1) is 10.7. The second kappa shape index (κ2) is 7.00. The van der Waals surface area contributed by atoms with Gasteiger partial charge in [0.05, 0.1) is 25.5 Å². The maximum atomic E-state index is 13.1. The number of halogens is 1. The number of benzene rings is 1. The van der Waals surface area contributed by atoms with E-state index in [0.717, 1.165) is 24.1 Å². The summed E-state index contributed by atoms with van der Waals surface area (Å²) in [6.45, 7) is 2.06. The van der Waals surface area contributed by atoms with Crippen LogP contribution in [0.4, 0.5) is 4.39 Å². The molecule has 1 aromatic heterocycles. The smallest absolute Gasteiger partial charge is 0.159 e. The van der Waals surface area contributed by atoms with Crippen LogP contribution in [0.5, 0.6) is 0 Å². The topological polar surface area (TPSA) is 48.3 Å². The lowest BCUT2D eigenvalue weighted by molar-refractivity contribution is -0.0461. The van der Waals surface area contributed by atoms with Gasteiger partial charge >= 0.3 is 0 Å². The van der Waals surface area contributed by atoms with Gasteiger partial charge in [-0.1, -0.05) is 12.1 Å². The van der Waals surface area contributed by atoms with E-state index in [1.54, 1.807) is 16.8 Å². The zero-order valence-corrected chi connectivity index (χ0v) is 12.5. The number of nitrogens with one attached hydrogen (secondary N) is 1. The second-order valence-electron chi connectivity index (χ2n) is 5.35. The van der Waals surface area contributed by atoms with E-state index in [1.807, 2.05) is 19.4 Å². The standard InChI is InChI=1S/C16H20FN3O2/c1-20-11-13(10-19-20)16(12-2-4-14(17)5-3-12)18-7-6-15-21-8-9-22-15/h2-5,10-11,15-16,18H,6-9H2,1H3/t16-/m0/s1. The summed E-state index contributed by atoms with van der Waals surface area (Å²) in [5.74, 6) is -0.235. The van der Waals surface area contributed by atoms with Crippen molar-refractivity contribution in [2.24, 2.45) is 7.05 Å². The molecule has 0 saturated carbocycles. The molecule has 5 nitrogen and oxygen atoms in total. The largest absolute Gasteiger partial charge is 0.350 e. The molecular formula is C16H20FN3O2. The molecule has 2 heterocycles. The summed E-state index contributed by atoms with van der Waals surface area (Å²) in [7, 11) is 1.88. The highest BCUT2D eigenvalue weighted by Gasteiger charge is 2.19. The van der Waals surface area contributed by atoms with E-state index in [-0.39, 0.29) is 18.1 Å². The molecule has 1 aromatic carbocycles. The van der Waals surface area contributed by atoms with E-state index < -0.39 is 0 Å². The minimum atomic E-state index is -0.235. The molecule has 1 N–H and O–H groups in total. The first-order valence-electron chi connectivity index (χ1n) is 7.43. The predicted octanol–water partition coefficient (Wildman–Crippen LogP) is 2.00. The number of aromatic nitrogens is 2. The molecule has 0 spiro atoms. The first kappa shape index (κ1) is 15.1. The third kappa shape index (κ3) is 3.71. The zero-order chi connectivity index (χ0) is 15.4. The Labute approximate surface area is 129 Å². The molecule has 6 heteroatoms. The lowest BCUT2D eigenvalue weighted by Gasteiger charge is -2.19. The molecule has 0 amide bonds. The number of rotatable bonds is 6. The van der Waals surface area contributed by atoms with Crippen LogP contribution >= 0.6 is 0 Å². The van der Waals surface area contributed by atoms with Crippen LogP contribution in [0.15, 0.2) is 36.7 Å². The fourth-order valence-corrected chi connectivity index (χ4v) is 2.59. The van der Waals surface area contributed by atoms with Crippen molar-refractivity contribution >= 4 is 0 Å². The summed E-state index contributed by atoms with van der Waals surface area (Å²) in [4.78, 5) is 0. The van der Waals surface area contributed by atoms with Gasteiger partial charge in [0.25, 0.3) is 0 Å². The average Bonchev–Trinajstić information content (AvgIpc) is 3.17. The van der Waals surface area contributed by atoms with Gasteiger partial charge in [-0.2, -0.15) is 5.10 Å². The van der Waals surface area contributed by atoms with Crippen LogP contribution in [-0.4, -0.2) is 35.8 Å². The van der Waals surface area contributed by atoms with Gasteiger partial charge in [0.2, 0.25) is 0 Å². The maximum absolute atomic E-state index is 13.1.